The van der Waals surface area contributed by atoms with Crippen LogP contribution in [0.5, 0.6) is 0 Å². The highest BCUT2D eigenvalue weighted by atomic mass is 16.4. The van der Waals surface area contributed by atoms with Gasteiger partial charge in [-0.2, -0.15) is 0 Å². The van der Waals surface area contributed by atoms with Gasteiger partial charge in [-0.15, -0.1) is 0 Å². The van der Waals surface area contributed by atoms with Crippen molar-refractivity contribution < 1.29 is 14.7 Å². The Morgan fingerprint density at radius 2 is 1.94 bits per heavy atom. The van der Waals surface area contributed by atoms with Crippen LogP contribution in [0.1, 0.15) is 26.7 Å². The summed E-state index contributed by atoms with van der Waals surface area (Å²) in [6.45, 7) is 4.72. The molecule has 16 heavy (non-hydrogen) atoms. The molecule has 94 valence electrons. The third kappa shape index (κ3) is 5.11. The Balaban J connectivity index is 4.10. The monoisotopic (exact) mass is 230 g/mol. The zero-order chi connectivity index (χ0) is 12.7. The fraction of sp³-hybridized carbons (Fsp3) is 0.818. The maximum absolute atomic E-state index is 11.9. The molecule has 1 unspecified atom stereocenters. The Hall–Kier alpha value is -1.10. The largest absolute Gasteiger partial charge is 0.481 e. The molecule has 0 heterocycles. The number of carboxylic acids is 1. The molecule has 3 N–H and O–H groups in total. The summed E-state index contributed by atoms with van der Waals surface area (Å²) in [4.78, 5) is 23.8. The number of amides is 1. The van der Waals surface area contributed by atoms with Crippen molar-refractivity contribution in [3.8, 4) is 0 Å². The van der Waals surface area contributed by atoms with Gasteiger partial charge in [0.2, 0.25) is 5.91 Å². The quantitative estimate of drug-likeness (QED) is 0.668. The van der Waals surface area contributed by atoms with E-state index >= 15 is 0 Å². The van der Waals surface area contributed by atoms with Crippen LogP contribution in [0.4, 0.5) is 0 Å². The van der Waals surface area contributed by atoms with Crippen molar-refractivity contribution >= 4 is 11.9 Å². The Labute approximate surface area is 96.6 Å². The molecule has 0 aromatic rings. The van der Waals surface area contributed by atoms with Crippen LogP contribution in [-0.2, 0) is 9.59 Å². The Morgan fingerprint density at radius 1 is 1.38 bits per heavy atom. The molecular formula is C11H22N2O3. The fourth-order valence-electron chi connectivity index (χ4n) is 1.52. The lowest BCUT2D eigenvalue weighted by atomic mass is 9.94. The summed E-state index contributed by atoms with van der Waals surface area (Å²) in [5.74, 6) is -0.794. The minimum Gasteiger partial charge on any atom is -0.481 e. The lowest BCUT2D eigenvalue weighted by Gasteiger charge is -2.25. The van der Waals surface area contributed by atoms with Gasteiger partial charge in [0.15, 0.2) is 0 Å². The summed E-state index contributed by atoms with van der Waals surface area (Å²) in [6.07, 6.45) is 0.569. The molecule has 5 nitrogen and oxygen atoms in total. The summed E-state index contributed by atoms with van der Waals surface area (Å²) in [5.41, 5.74) is 5.55. The molecule has 0 saturated carbocycles. The van der Waals surface area contributed by atoms with Crippen LogP contribution in [0, 0.1) is 11.8 Å². The number of carbonyl (C=O) groups is 2. The topological polar surface area (TPSA) is 83.6 Å². The molecule has 0 aromatic carbocycles. The molecule has 0 rings (SSSR count). The van der Waals surface area contributed by atoms with Gasteiger partial charge < -0.3 is 15.7 Å². The van der Waals surface area contributed by atoms with E-state index in [1.165, 1.54) is 0 Å². The lowest BCUT2D eigenvalue weighted by molar-refractivity contribution is -0.139. The van der Waals surface area contributed by atoms with Gasteiger partial charge in [0, 0.05) is 26.6 Å². The Morgan fingerprint density at radius 3 is 2.31 bits per heavy atom. The van der Waals surface area contributed by atoms with Gasteiger partial charge in [0.25, 0.3) is 0 Å². The van der Waals surface area contributed by atoms with Gasteiger partial charge in [-0.05, 0) is 12.3 Å². The number of nitrogens with two attached hydrogens (primary N) is 1. The standard InChI is InChI=1S/C11H22N2O3/c1-8(2)9(7-12)11(16)13(3)6-4-5-10(14)15/h8-9H,4-7,12H2,1-3H3,(H,14,15). The van der Waals surface area contributed by atoms with Crippen LogP contribution in [-0.4, -0.2) is 42.0 Å². The van der Waals surface area contributed by atoms with Crippen molar-refractivity contribution in [2.24, 2.45) is 17.6 Å². The molecule has 5 heteroatoms. The average Bonchev–Trinajstić information content (AvgIpc) is 2.17. The van der Waals surface area contributed by atoms with Gasteiger partial charge in [-0.1, -0.05) is 13.8 Å². The third-order valence-electron chi connectivity index (χ3n) is 2.64. The highest BCUT2D eigenvalue weighted by Gasteiger charge is 2.23. The molecule has 0 spiro atoms. The van der Waals surface area contributed by atoms with Crippen LogP contribution >= 0.6 is 0 Å². The van der Waals surface area contributed by atoms with Gasteiger partial charge in [-0.3, -0.25) is 9.59 Å². The van der Waals surface area contributed by atoms with Crippen LogP contribution in [0.2, 0.25) is 0 Å². The number of rotatable bonds is 7. The first-order valence-corrected chi connectivity index (χ1v) is 5.57. The molecule has 0 radical (unpaired) electrons. The third-order valence-corrected chi connectivity index (χ3v) is 2.64. The van der Waals surface area contributed by atoms with E-state index < -0.39 is 5.97 Å². The molecule has 0 aliphatic carbocycles. The normalized spacial score (nSPS) is 12.6. The maximum Gasteiger partial charge on any atom is 0.303 e. The van der Waals surface area contributed by atoms with E-state index in [0.29, 0.717) is 19.5 Å². The van der Waals surface area contributed by atoms with Crippen molar-refractivity contribution in [1.29, 1.82) is 0 Å². The van der Waals surface area contributed by atoms with Crippen molar-refractivity contribution in [3.63, 3.8) is 0 Å². The van der Waals surface area contributed by atoms with Gasteiger partial charge in [-0.25, -0.2) is 0 Å². The van der Waals surface area contributed by atoms with Gasteiger partial charge in [0.05, 0.1) is 5.92 Å². The second kappa shape index (κ2) is 7.22. The van der Waals surface area contributed by atoms with Crippen LogP contribution < -0.4 is 5.73 Å². The second-order valence-electron chi connectivity index (χ2n) is 4.34. The van der Waals surface area contributed by atoms with E-state index in [-0.39, 0.29) is 24.2 Å². The van der Waals surface area contributed by atoms with E-state index in [2.05, 4.69) is 0 Å². The molecule has 0 aliphatic heterocycles. The zero-order valence-electron chi connectivity index (χ0n) is 10.3. The smallest absolute Gasteiger partial charge is 0.303 e. The highest BCUT2D eigenvalue weighted by Crippen LogP contribution is 2.12. The van der Waals surface area contributed by atoms with E-state index in [1.54, 1.807) is 11.9 Å². The average molecular weight is 230 g/mol. The Bertz CT molecular complexity index is 241. The SMILES string of the molecule is CC(C)C(CN)C(=O)N(C)CCCC(=O)O. The van der Waals surface area contributed by atoms with Crippen molar-refractivity contribution in [1.82, 2.24) is 4.90 Å². The summed E-state index contributed by atoms with van der Waals surface area (Å²) in [5, 5.41) is 8.49. The van der Waals surface area contributed by atoms with E-state index in [9.17, 15) is 9.59 Å². The minimum absolute atomic E-state index is 0.00267. The predicted molar refractivity (Wildman–Crippen MR) is 61.9 cm³/mol. The number of nitrogens with zero attached hydrogens (tertiary/aromatic N) is 1. The fourth-order valence-corrected chi connectivity index (χ4v) is 1.52. The zero-order valence-corrected chi connectivity index (χ0v) is 10.3. The second-order valence-corrected chi connectivity index (χ2v) is 4.34. The molecular weight excluding hydrogens is 208 g/mol. The summed E-state index contributed by atoms with van der Waals surface area (Å²) in [7, 11) is 1.69. The van der Waals surface area contributed by atoms with Crippen LogP contribution in [0.15, 0.2) is 0 Å². The molecule has 0 fully saturated rings. The number of hydrogen-bond acceptors (Lipinski definition) is 3. The lowest BCUT2D eigenvalue weighted by Crippen LogP contribution is -2.39. The van der Waals surface area contributed by atoms with E-state index in [4.69, 9.17) is 10.8 Å². The number of aliphatic carboxylic acids is 1. The summed E-state index contributed by atoms with van der Waals surface area (Å²) < 4.78 is 0. The Kier molecular flexibility index (Phi) is 6.72. The van der Waals surface area contributed by atoms with E-state index in [1.807, 2.05) is 13.8 Å². The highest BCUT2D eigenvalue weighted by molar-refractivity contribution is 5.79. The molecule has 0 bridgehead atoms. The van der Waals surface area contributed by atoms with Crippen molar-refractivity contribution in [2.45, 2.75) is 26.7 Å². The van der Waals surface area contributed by atoms with Crippen LogP contribution in [0.3, 0.4) is 0 Å². The van der Waals surface area contributed by atoms with Crippen LogP contribution in [0.25, 0.3) is 0 Å². The first-order chi connectivity index (χ1) is 7.40. The number of carboxylic acid groups (broad SMARTS) is 1. The number of hydrogen-bond donors (Lipinski definition) is 2. The molecule has 0 aromatic heterocycles. The predicted octanol–water partition coefficient (Wildman–Crippen LogP) is 0.540. The molecule has 1 amide bonds. The molecule has 0 aliphatic rings. The summed E-state index contributed by atoms with van der Waals surface area (Å²) >= 11 is 0. The number of carbonyl (C=O) groups excluding carboxylic acids is 1. The summed E-state index contributed by atoms with van der Waals surface area (Å²) in [6, 6.07) is 0. The first-order valence-electron chi connectivity index (χ1n) is 5.57. The van der Waals surface area contributed by atoms with Gasteiger partial charge in [0.1, 0.15) is 0 Å². The van der Waals surface area contributed by atoms with Gasteiger partial charge >= 0.3 is 5.97 Å². The first kappa shape index (κ1) is 14.9. The van der Waals surface area contributed by atoms with E-state index in [0.717, 1.165) is 0 Å². The minimum atomic E-state index is -0.833. The molecule has 1 atom stereocenters. The van der Waals surface area contributed by atoms with Crippen molar-refractivity contribution in [2.75, 3.05) is 20.1 Å². The van der Waals surface area contributed by atoms with Crippen molar-refractivity contribution in [3.05, 3.63) is 0 Å². The maximum atomic E-state index is 11.9. The molecule has 0 saturated heterocycles.